The maximum Gasteiger partial charge on any atom is 0.181 e. The predicted octanol–water partition coefficient (Wildman–Crippen LogP) is 3.67. The molecule has 0 spiro atoms. The third-order valence-electron chi connectivity index (χ3n) is 4.67. The van der Waals surface area contributed by atoms with Gasteiger partial charge < -0.3 is 10.5 Å². The molecule has 1 aliphatic carbocycles. The van der Waals surface area contributed by atoms with Gasteiger partial charge in [0.2, 0.25) is 0 Å². The fourth-order valence-electron chi connectivity index (χ4n) is 3.25. The molecule has 1 fully saturated rings. The van der Waals surface area contributed by atoms with E-state index in [1.807, 2.05) is 11.6 Å². The van der Waals surface area contributed by atoms with E-state index in [0.29, 0.717) is 31.1 Å². The van der Waals surface area contributed by atoms with Gasteiger partial charge in [0.05, 0.1) is 13.2 Å². The summed E-state index contributed by atoms with van der Waals surface area (Å²) in [5.74, 6) is -0.186. The van der Waals surface area contributed by atoms with Crippen LogP contribution in [0.5, 0.6) is 0 Å². The summed E-state index contributed by atoms with van der Waals surface area (Å²) in [6.45, 7) is 3.70. The molecule has 3 rings (SSSR count). The van der Waals surface area contributed by atoms with Crippen molar-refractivity contribution in [2.24, 2.45) is 5.73 Å². The first-order valence-corrected chi connectivity index (χ1v) is 8.82. The maximum atomic E-state index is 13.5. The van der Waals surface area contributed by atoms with Crippen LogP contribution in [0.4, 0.5) is 8.78 Å². The second-order valence-electron chi connectivity index (χ2n) is 6.45. The molecule has 0 amide bonds. The zero-order valence-corrected chi connectivity index (χ0v) is 15.6. The molecule has 0 atom stereocenters. The van der Waals surface area contributed by atoms with E-state index < -0.39 is 11.6 Å². The average Bonchev–Trinajstić information content (AvgIpc) is 3.02. The standard InChI is InChI=1S/C18H24F2N4O.ClH/c1-2-25-10-9-24-18(12-3-6-14(21)7-4-12)22-17(23-24)13-5-8-15(19)16(20)11-13;/h5,8,11-12,14H,2-4,6-7,9-10,21H2,1H3;1H. The minimum atomic E-state index is -0.895. The van der Waals surface area contributed by atoms with Crippen LogP contribution in [0.3, 0.4) is 0 Å². The molecule has 1 aromatic heterocycles. The lowest BCUT2D eigenvalue weighted by atomic mass is 9.86. The van der Waals surface area contributed by atoms with Crippen molar-refractivity contribution in [2.75, 3.05) is 13.2 Å². The summed E-state index contributed by atoms with van der Waals surface area (Å²) in [7, 11) is 0. The molecule has 144 valence electrons. The van der Waals surface area contributed by atoms with Gasteiger partial charge >= 0.3 is 0 Å². The first kappa shape index (κ1) is 20.7. The highest BCUT2D eigenvalue weighted by Gasteiger charge is 2.25. The number of hydrogen-bond acceptors (Lipinski definition) is 4. The molecular weight excluding hydrogens is 362 g/mol. The lowest BCUT2D eigenvalue weighted by Crippen LogP contribution is -2.27. The van der Waals surface area contributed by atoms with Gasteiger partial charge in [0.15, 0.2) is 17.5 Å². The lowest BCUT2D eigenvalue weighted by Gasteiger charge is -2.25. The first-order valence-electron chi connectivity index (χ1n) is 8.82. The Kier molecular flexibility index (Phi) is 7.49. The van der Waals surface area contributed by atoms with E-state index in [1.54, 1.807) is 0 Å². The van der Waals surface area contributed by atoms with Crippen molar-refractivity contribution in [2.45, 2.75) is 51.1 Å². The van der Waals surface area contributed by atoms with Gasteiger partial charge in [-0.15, -0.1) is 12.4 Å². The molecule has 5 nitrogen and oxygen atoms in total. The van der Waals surface area contributed by atoms with Crippen LogP contribution in [0.1, 0.15) is 44.3 Å². The Bertz CT molecular complexity index is 717. The van der Waals surface area contributed by atoms with Gasteiger partial charge in [0.25, 0.3) is 0 Å². The van der Waals surface area contributed by atoms with E-state index in [9.17, 15) is 8.78 Å². The third-order valence-corrected chi connectivity index (χ3v) is 4.67. The molecule has 26 heavy (non-hydrogen) atoms. The average molecular weight is 387 g/mol. The highest BCUT2D eigenvalue weighted by Crippen LogP contribution is 2.32. The van der Waals surface area contributed by atoms with Crippen LogP contribution in [-0.2, 0) is 11.3 Å². The highest BCUT2D eigenvalue weighted by molar-refractivity contribution is 5.85. The predicted molar refractivity (Wildman–Crippen MR) is 98.3 cm³/mol. The molecule has 0 aliphatic heterocycles. The molecule has 8 heteroatoms. The van der Waals surface area contributed by atoms with E-state index in [0.717, 1.165) is 43.6 Å². The number of ether oxygens (including phenoxy) is 1. The van der Waals surface area contributed by atoms with Gasteiger partial charge in [-0.2, -0.15) is 5.10 Å². The zero-order chi connectivity index (χ0) is 17.8. The van der Waals surface area contributed by atoms with Crippen molar-refractivity contribution in [1.29, 1.82) is 0 Å². The summed E-state index contributed by atoms with van der Waals surface area (Å²) < 4.78 is 34.0. The lowest BCUT2D eigenvalue weighted by molar-refractivity contribution is 0.134. The normalized spacial score (nSPS) is 20.0. The van der Waals surface area contributed by atoms with Crippen LogP contribution in [0.25, 0.3) is 11.4 Å². The number of halogens is 3. The van der Waals surface area contributed by atoms with Crippen molar-refractivity contribution in [3.63, 3.8) is 0 Å². The summed E-state index contributed by atoms with van der Waals surface area (Å²) >= 11 is 0. The van der Waals surface area contributed by atoms with Gasteiger partial charge in [0, 0.05) is 24.1 Å². The third kappa shape index (κ3) is 4.78. The van der Waals surface area contributed by atoms with Gasteiger partial charge in [-0.25, -0.2) is 18.4 Å². The van der Waals surface area contributed by atoms with Crippen LogP contribution in [0.15, 0.2) is 18.2 Å². The van der Waals surface area contributed by atoms with Gasteiger partial charge in [-0.05, 0) is 50.8 Å². The molecule has 0 bridgehead atoms. The molecule has 1 heterocycles. The Labute approximate surface area is 158 Å². The second-order valence-corrected chi connectivity index (χ2v) is 6.45. The van der Waals surface area contributed by atoms with E-state index in [4.69, 9.17) is 10.5 Å². The number of nitrogens with zero attached hydrogens (tertiary/aromatic N) is 3. The Morgan fingerprint density at radius 1 is 1.19 bits per heavy atom. The Balaban J connectivity index is 0.00000243. The van der Waals surface area contributed by atoms with E-state index in [2.05, 4.69) is 10.1 Å². The van der Waals surface area contributed by atoms with Crippen LogP contribution >= 0.6 is 12.4 Å². The largest absolute Gasteiger partial charge is 0.380 e. The minimum absolute atomic E-state index is 0. The molecule has 2 aromatic rings. The quantitative estimate of drug-likeness (QED) is 0.769. The number of benzene rings is 1. The number of hydrogen-bond donors (Lipinski definition) is 1. The molecule has 1 aliphatic rings. The molecule has 1 saturated carbocycles. The second kappa shape index (κ2) is 9.39. The van der Waals surface area contributed by atoms with E-state index >= 15 is 0 Å². The number of aromatic nitrogens is 3. The monoisotopic (exact) mass is 386 g/mol. The SMILES string of the molecule is CCOCCn1nc(-c2ccc(F)c(F)c2)nc1C1CCC(N)CC1.Cl. The van der Waals surface area contributed by atoms with E-state index in [1.165, 1.54) is 6.07 Å². The summed E-state index contributed by atoms with van der Waals surface area (Å²) in [5, 5.41) is 4.52. The van der Waals surface area contributed by atoms with Crippen molar-refractivity contribution >= 4 is 12.4 Å². The first-order chi connectivity index (χ1) is 12.1. The molecular formula is C18H25ClF2N4O. The summed E-state index contributed by atoms with van der Waals surface area (Å²) in [4.78, 5) is 4.65. The summed E-state index contributed by atoms with van der Waals surface area (Å²) in [6.07, 6.45) is 3.85. The molecule has 0 radical (unpaired) electrons. The Hall–Kier alpha value is -1.57. The number of rotatable bonds is 6. The summed E-state index contributed by atoms with van der Waals surface area (Å²) in [5.41, 5.74) is 6.47. The fraction of sp³-hybridized carbons (Fsp3) is 0.556. The fourth-order valence-corrected chi connectivity index (χ4v) is 3.25. The zero-order valence-electron chi connectivity index (χ0n) is 14.8. The smallest absolute Gasteiger partial charge is 0.181 e. The van der Waals surface area contributed by atoms with Crippen molar-refractivity contribution in [1.82, 2.24) is 14.8 Å². The van der Waals surface area contributed by atoms with Crippen LogP contribution in [0, 0.1) is 11.6 Å². The van der Waals surface area contributed by atoms with Crippen molar-refractivity contribution in [3.05, 3.63) is 35.7 Å². The van der Waals surface area contributed by atoms with Crippen molar-refractivity contribution in [3.8, 4) is 11.4 Å². The van der Waals surface area contributed by atoms with Gasteiger partial charge in [0.1, 0.15) is 5.82 Å². The van der Waals surface area contributed by atoms with Crippen LogP contribution in [0.2, 0.25) is 0 Å². The van der Waals surface area contributed by atoms with Crippen molar-refractivity contribution < 1.29 is 13.5 Å². The Morgan fingerprint density at radius 3 is 2.58 bits per heavy atom. The minimum Gasteiger partial charge on any atom is -0.380 e. The van der Waals surface area contributed by atoms with E-state index in [-0.39, 0.29) is 24.4 Å². The summed E-state index contributed by atoms with van der Waals surface area (Å²) in [6, 6.07) is 3.99. The molecule has 2 N–H and O–H groups in total. The Morgan fingerprint density at radius 2 is 1.92 bits per heavy atom. The van der Waals surface area contributed by atoms with Gasteiger partial charge in [-0.3, -0.25) is 0 Å². The topological polar surface area (TPSA) is 66.0 Å². The van der Waals surface area contributed by atoms with Crippen LogP contribution in [-0.4, -0.2) is 34.0 Å². The molecule has 0 unspecified atom stereocenters. The molecule has 1 aromatic carbocycles. The van der Waals surface area contributed by atoms with Gasteiger partial charge in [-0.1, -0.05) is 0 Å². The number of nitrogens with two attached hydrogens (primary N) is 1. The highest BCUT2D eigenvalue weighted by atomic mass is 35.5. The maximum absolute atomic E-state index is 13.5. The van der Waals surface area contributed by atoms with Crippen LogP contribution < -0.4 is 5.73 Å². The molecule has 0 saturated heterocycles.